The summed E-state index contributed by atoms with van der Waals surface area (Å²) in [5.41, 5.74) is 21.8. The standard InChI is InChI=1S/2C33H43N3.C14H10O2.2Co/c2*1-20(2)26-14-11-15-27(21(3)4)32(26)34-24(9)30-18-13-19-31(36-30)25(10)35-33-28(22(5)6)16-12-17-29(33)23(7)8;15-13-11-7-3-1-5-9(11)10-6-2-4-8-12(10)14(13)16;;/h2*11-23H,1-10H3;1-8,15-16H;;/q;;;2*+1/p-2. The number of hydrogen-bond acceptors (Lipinski definition) is 8. The summed E-state index contributed by atoms with van der Waals surface area (Å²) in [6, 6.07) is 52.9. The monoisotopic (exact) mass is 1290 g/mol. The first-order valence-electron chi connectivity index (χ1n) is 31.8. The Morgan fingerprint density at radius 1 is 0.256 bits per heavy atom. The van der Waals surface area contributed by atoms with Crippen molar-refractivity contribution in [3.8, 4) is 11.5 Å². The first-order chi connectivity index (χ1) is 41.8. The summed E-state index contributed by atoms with van der Waals surface area (Å²) < 4.78 is 0. The van der Waals surface area contributed by atoms with E-state index in [0.717, 1.165) is 79.1 Å². The molecular weight excluding hydrogens is 1190 g/mol. The number of nitrogens with zero attached hydrogens (tertiary/aromatic N) is 6. The van der Waals surface area contributed by atoms with Crippen molar-refractivity contribution in [3.05, 3.63) is 225 Å². The molecule has 0 N–H and O–H groups in total. The molecule has 0 radical (unpaired) electrons. The fourth-order valence-electron chi connectivity index (χ4n) is 11.2. The maximum atomic E-state index is 11.8. The van der Waals surface area contributed by atoms with Crippen molar-refractivity contribution in [1.29, 1.82) is 0 Å². The molecule has 0 fully saturated rings. The van der Waals surface area contributed by atoms with Crippen LogP contribution >= 0.6 is 0 Å². The minimum absolute atomic E-state index is 0. The molecule has 90 heavy (non-hydrogen) atoms. The van der Waals surface area contributed by atoms with Crippen molar-refractivity contribution < 1.29 is 43.8 Å². The molecule has 0 amide bonds. The Labute approximate surface area is 559 Å². The van der Waals surface area contributed by atoms with Gasteiger partial charge in [-0.3, -0.25) is 20.0 Å². The fourth-order valence-corrected chi connectivity index (χ4v) is 11.2. The van der Waals surface area contributed by atoms with Gasteiger partial charge < -0.3 is 10.2 Å². The van der Waals surface area contributed by atoms with Crippen LogP contribution in [0.15, 0.2) is 178 Å². The minimum atomic E-state index is -0.408. The molecule has 2 aromatic heterocycles. The predicted octanol–water partition coefficient (Wildman–Crippen LogP) is 21.8. The molecule has 2 heterocycles. The first kappa shape index (κ1) is 73.4. The SMILES string of the molecule is CC(=Nc1c(C(C)C)cccc1C(C)C)c1cccc(C(C)=Nc2c(C(C)C)cccc2C(C)C)n1.CC(=Nc1c(C(C)C)cccc1C(C)C)c1cccc(C(C)=Nc2c(C(C)C)cccc2C(C)C)n1.[Co+].[Co+].[O-]c1c([O-])c2ccccc2c2ccccc12. The van der Waals surface area contributed by atoms with Gasteiger partial charge in [0, 0.05) is 0 Å². The third-order valence-electron chi connectivity index (χ3n) is 16.3. The normalized spacial score (nSPS) is 12.3. The van der Waals surface area contributed by atoms with Crippen molar-refractivity contribution in [2.24, 2.45) is 20.0 Å². The van der Waals surface area contributed by atoms with E-state index in [1.165, 1.54) is 44.5 Å². The third kappa shape index (κ3) is 17.6. The molecule has 9 aromatic rings. The second-order valence-corrected chi connectivity index (χ2v) is 25.7. The topological polar surface area (TPSA) is 121 Å². The molecule has 0 spiro atoms. The maximum absolute atomic E-state index is 11.8. The Bertz CT molecular complexity index is 3480. The molecule has 8 nitrogen and oxygen atoms in total. The van der Waals surface area contributed by atoms with Crippen LogP contribution in [0.1, 0.15) is 253 Å². The Balaban J connectivity index is 0.000000259. The van der Waals surface area contributed by atoms with E-state index >= 15 is 0 Å². The van der Waals surface area contributed by atoms with E-state index in [1.807, 2.05) is 48.5 Å². The van der Waals surface area contributed by atoms with Crippen molar-refractivity contribution in [2.45, 2.75) is 186 Å². The van der Waals surface area contributed by atoms with Crippen molar-refractivity contribution in [2.75, 3.05) is 0 Å². The van der Waals surface area contributed by atoms with Crippen LogP contribution < -0.4 is 10.2 Å². The zero-order chi connectivity index (χ0) is 64.3. The number of para-hydroxylation sites is 4. The summed E-state index contributed by atoms with van der Waals surface area (Å²) in [7, 11) is 0. The van der Waals surface area contributed by atoms with Gasteiger partial charge in [-0.1, -0.05) is 244 Å². The second kappa shape index (κ2) is 33.1. The number of aromatic nitrogens is 2. The van der Waals surface area contributed by atoms with Crippen LogP contribution in [-0.4, -0.2) is 32.8 Å². The summed E-state index contributed by atoms with van der Waals surface area (Å²) in [4.78, 5) is 30.6. The van der Waals surface area contributed by atoms with E-state index in [-0.39, 0.29) is 33.6 Å². The van der Waals surface area contributed by atoms with Gasteiger partial charge in [0.25, 0.3) is 0 Å². The van der Waals surface area contributed by atoms with Crippen LogP contribution in [-0.2, 0) is 33.6 Å². The van der Waals surface area contributed by atoms with Gasteiger partial charge in [-0.15, -0.1) is 11.5 Å². The van der Waals surface area contributed by atoms with Crippen molar-refractivity contribution in [1.82, 2.24) is 9.97 Å². The predicted molar refractivity (Wildman–Crippen MR) is 375 cm³/mol. The molecule has 0 aliphatic heterocycles. The summed E-state index contributed by atoms with van der Waals surface area (Å²) in [6.45, 7) is 43.9. The van der Waals surface area contributed by atoms with Gasteiger partial charge in [-0.05, 0) is 165 Å². The van der Waals surface area contributed by atoms with E-state index < -0.39 is 11.5 Å². The van der Waals surface area contributed by atoms with Crippen molar-refractivity contribution >= 4 is 67.1 Å². The molecule has 0 unspecified atom stereocenters. The van der Waals surface area contributed by atoms with Gasteiger partial charge in [0.1, 0.15) is 0 Å². The number of benzene rings is 7. The van der Waals surface area contributed by atoms with Crippen LogP contribution in [0.2, 0.25) is 0 Å². The van der Waals surface area contributed by atoms with E-state index in [0.29, 0.717) is 58.1 Å². The van der Waals surface area contributed by atoms with Crippen LogP contribution in [0.5, 0.6) is 11.5 Å². The zero-order valence-electron chi connectivity index (χ0n) is 56.8. The van der Waals surface area contributed by atoms with Gasteiger partial charge in [0.05, 0.1) is 68.4 Å². The van der Waals surface area contributed by atoms with Gasteiger partial charge in [0.2, 0.25) is 0 Å². The van der Waals surface area contributed by atoms with Crippen molar-refractivity contribution in [3.63, 3.8) is 0 Å². The molecule has 7 aromatic carbocycles. The Hall–Kier alpha value is -7.35. The summed E-state index contributed by atoms with van der Waals surface area (Å²) >= 11 is 0. The average molecular weight is 1290 g/mol. The number of pyridine rings is 2. The van der Waals surface area contributed by atoms with Gasteiger partial charge in [-0.25, -0.2) is 9.97 Å². The van der Waals surface area contributed by atoms with Crippen LogP contribution in [0.3, 0.4) is 0 Å². The molecule has 0 aliphatic rings. The van der Waals surface area contributed by atoms with Gasteiger partial charge in [0.15, 0.2) is 0 Å². The van der Waals surface area contributed by atoms with Gasteiger partial charge in [-0.2, -0.15) is 0 Å². The first-order valence-corrected chi connectivity index (χ1v) is 31.8. The number of aliphatic imine (C=N–C) groups is 4. The molecule has 10 heteroatoms. The molecule has 474 valence electrons. The van der Waals surface area contributed by atoms with E-state index in [9.17, 15) is 10.2 Å². The summed E-state index contributed by atoms with van der Waals surface area (Å²) in [5, 5.41) is 26.4. The Kier molecular flexibility index (Phi) is 27.0. The quantitative estimate of drug-likeness (QED) is 0.0706. The van der Waals surface area contributed by atoms with Crippen LogP contribution in [0, 0.1) is 0 Å². The van der Waals surface area contributed by atoms with E-state index in [4.69, 9.17) is 29.9 Å². The Morgan fingerprint density at radius 2 is 0.422 bits per heavy atom. The largest absolute Gasteiger partial charge is 1.00 e. The number of fused-ring (bicyclic) bond motifs is 3. The third-order valence-corrected chi connectivity index (χ3v) is 16.3. The number of rotatable bonds is 16. The maximum Gasteiger partial charge on any atom is 1.00 e. The minimum Gasteiger partial charge on any atom is -0.872 e. The van der Waals surface area contributed by atoms with E-state index in [2.05, 4.69) is 223 Å². The van der Waals surface area contributed by atoms with Crippen LogP contribution in [0.4, 0.5) is 22.7 Å². The summed E-state index contributed by atoms with van der Waals surface area (Å²) in [6.07, 6.45) is 0. The molecule has 0 saturated carbocycles. The molecule has 9 rings (SSSR count). The molecular formula is C80H94Co2N6O2. The molecule has 0 saturated heterocycles. The Morgan fingerprint density at radius 3 is 0.600 bits per heavy atom. The molecule has 0 atom stereocenters. The van der Waals surface area contributed by atoms with Crippen LogP contribution in [0.25, 0.3) is 21.5 Å². The van der Waals surface area contributed by atoms with Gasteiger partial charge >= 0.3 is 33.6 Å². The fraction of sp³-hybridized carbons (Fsp3) is 0.350. The average Bonchev–Trinajstić information content (AvgIpc) is 0.909. The zero-order valence-corrected chi connectivity index (χ0v) is 58.9. The van der Waals surface area contributed by atoms with E-state index in [1.54, 1.807) is 24.3 Å². The second-order valence-electron chi connectivity index (χ2n) is 25.7. The smallest absolute Gasteiger partial charge is 0.872 e. The number of hydrogen-bond donors (Lipinski definition) is 0. The molecule has 0 bridgehead atoms. The summed E-state index contributed by atoms with van der Waals surface area (Å²) in [5.74, 6) is 2.41. The molecule has 0 aliphatic carbocycles.